The Labute approximate surface area is 103 Å². The summed E-state index contributed by atoms with van der Waals surface area (Å²) in [5.74, 6) is 0. The van der Waals surface area contributed by atoms with Crippen LogP contribution in [0, 0.1) is 6.92 Å². The molecule has 0 amide bonds. The van der Waals surface area contributed by atoms with Gasteiger partial charge in [0.25, 0.3) is 0 Å². The monoisotopic (exact) mass is 188 g/mol. The molecular formula is C13H25Li. The van der Waals surface area contributed by atoms with E-state index in [-0.39, 0.29) is 18.9 Å². The largest absolute Gasteiger partial charge is 1.00 e. The summed E-state index contributed by atoms with van der Waals surface area (Å²) >= 11 is 0. The Bertz CT molecular complexity index is 108. The van der Waals surface area contributed by atoms with Crippen LogP contribution in [-0.4, -0.2) is 0 Å². The summed E-state index contributed by atoms with van der Waals surface area (Å²) in [6, 6.07) is 0. The number of rotatable bonds is 9. The molecule has 0 N–H and O–H groups in total. The number of allylic oxidation sites excluding steroid dienone is 2. The number of unbranched alkanes of at least 4 members (excludes halogenated alkanes) is 7. The molecule has 0 aromatic rings. The van der Waals surface area contributed by atoms with Crippen LogP contribution in [-0.2, 0) is 0 Å². The maximum Gasteiger partial charge on any atom is 1.00 e. The Hall–Kier alpha value is 0.337. The molecule has 1 heteroatoms. The van der Waals surface area contributed by atoms with Gasteiger partial charge in [0.15, 0.2) is 0 Å². The summed E-state index contributed by atoms with van der Waals surface area (Å²) in [7, 11) is 0. The van der Waals surface area contributed by atoms with E-state index in [1.807, 2.05) is 0 Å². The summed E-state index contributed by atoms with van der Waals surface area (Å²) in [6.07, 6.45) is 16.4. The van der Waals surface area contributed by atoms with Gasteiger partial charge in [0.05, 0.1) is 0 Å². The molecule has 0 aromatic carbocycles. The molecule has 0 saturated heterocycles. The molecule has 0 unspecified atom stereocenters. The van der Waals surface area contributed by atoms with Gasteiger partial charge in [-0.15, -0.1) is 0 Å². The van der Waals surface area contributed by atoms with E-state index in [1.165, 1.54) is 44.9 Å². The first kappa shape index (κ1) is 16.8. The van der Waals surface area contributed by atoms with Crippen molar-refractivity contribution in [2.24, 2.45) is 0 Å². The van der Waals surface area contributed by atoms with Gasteiger partial charge in [-0.2, -0.15) is 6.42 Å². The van der Waals surface area contributed by atoms with Gasteiger partial charge in [0.1, 0.15) is 0 Å². The molecule has 0 rings (SSSR count). The Kier molecular flexibility index (Phi) is 18.9. The van der Waals surface area contributed by atoms with E-state index >= 15 is 0 Å². The van der Waals surface area contributed by atoms with Crippen LogP contribution < -0.4 is 18.9 Å². The fourth-order valence-electron chi connectivity index (χ4n) is 1.40. The van der Waals surface area contributed by atoms with Crippen molar-refractivity contribution in [3.05, 3.63) is 19.1 Å². The van der Waals surface area contributed by atoms with Gasteiger partial charge in [0.2, 0.25) is 0 Å². The van der Waals surface area contributed by atoms with E-state index in [9.17, 15) is 0 Å². The summed E-state index contributed by atoms with van der Waals surface area (Å²) in [6.45, 7) is 6.07. The fraction of sp³-hybridized carbons (Fsp3) is 0.769. The predicted octanol–water partition coefficient (Wildman–Crippen LogP) is 1.91. The van der Waals surface area contributed by atoms with Crippen molar-refractivity contribution in [1.29, 1.82) is 0 Å². The van der Waals surface area contributed by atoms with Crippen molar-refractivity contribution in [2.45, 2.75) is 64.7 Å². The van der Waals surface area contributed by atoms with Crippen LogP contribution in [0.3, 0.4) is 0 Å². The molecule has 14 heavy (non-hydrogen) atoms. The van der Waals surface area contributed by atoms with Crippen LogP contribution in [0.1, 0.15) is 64.7 Å². The van der Waals surface area contributed by atoms with Gasteiger partial charge >= 0.3 is 18.9 Å². The van der Waals surface area contributed by atoms with Crippen molar-refractivity contribution in [1.82, 2.24) is 0 Å². The zero-order valence-corrected chi connectivity index (χ0v) is 10.2. The smallest absolute Gasteiger partial charge is 0.343 e. The van der Waals surface area contributed by atoms with Crippen molar-refractivity contribution < 1.29 is 18.9 Å². The van der Waals surface area contributed by atoms with Crippen LogP contribution in [0.4, 0.5) is 0 Å². The molecule has 0 fully saturated rings. The molecule has 0 saturated carbocycles. The second kappa shape index (κ2) is 15.8. The first-order chi connectivity index (χ1) is 6.41. The first-order valence-corrected chi connectivity index (χ1v) is 5.86. The van der Waals surface area contributed by atoms with E-state index in [1.54, 1.807) is 0 Å². The second-order valence-corrected chi connectivity index (χ2v) is 3.67. The summed E-state index contributed by atoms with van der Waals surface area (Å²) in [4.78, 5) is 0. The SMILES string of the molecule is [CH2-]CC/C=C/CCCCCCCC.[Li+]. The van der Waals surface area contributed by atoms with Crippen molar-refractivity contribution in [3.63, 3.8) is 0 Å². The van der Waals surface area contributed by atoms with Gasteiger partial charge in [0, 0.05) is 0 Å². The molecule has 0 aliphatic heterocycles. The molecule has 0 atom stereocenters. The average molecular weight is 188 g/mol. The third kappa shape index (κ3) is 14.8. The minimum atomic E-state index is 0. The van der Waals surface area contributed by atoms with Crippen LogP contribution in [0.5, 0.6) is 0 Å². The topological polar surface area (TPSA) is 0 Å². The maximum atomic E-state index is 3.80. The van der Waals surface area contributed by atoms with E-state index in [0.29, 0.717) is 0 Å². The summed E-state index contributed by atoms with van der Waals surface area (Å²) in [5.41, 5.74) is 0. The Balaban J connectivity index is 0. The first-order valence-electron chi connectivity index (χ1n) is 5.86. The number of hydrogen-bond donors (Lipinski definition) is 0. The number of hydrogen-bond acceptors (Lipinski definition) is 0. The van der Waals surface area contributed by atoms with Crippen LogP contribution >= 0.6 is 0 Å². The molecule has 0 spiro atoms. The molecule has 0 heterocycles. The van der Waals surface area contributed by atoms with Gasteiger partial charge in [-0.05, 0) is 12.8 Å². The standard InChI is InChI=1S/C13H25.Li/c1-3-5-7-9-11-13-12-10-8-6-4-2;/h7,9H,1,3-6,8,10-13H2,2H3;/q-1;+1/b9-7+;. The molecule has 78 valence electrons. The zero-order valence-electron chi connectivity index (χ0n) is 10.2. The van der Waals surface area contributed by atoms with Gasteiger partial charge < -0.3 is 6.92 Å². The van der Waals surface area contributed by atoms with E-state index < -0.39 is 0 Å². The average Bonchev–Trinajstić information content (AvgIpc) is 2.16. The van der Waals surface area contributed by atoms with Crippen LogP contribution in [0.15, 0.2) is 12.2 Å². The Morgan fingerprint density at radius 1 is 0.857 bits per heavy atom. The van der Waals surface area contributed by atoms with Crippen molar-refractivity contribution >= 4 is 0 Å². The van der Waals surface area contributed by atoms with E-state index in [4.69, 9.17) is 0 Å². The fourth-order valence-corrected chi connectivity index (χ4v) is 1.40. The van der Waals surface area contributed by atoms with Crippen molar-refractivity contribution in [3.8, 4) is 0 Å². The third-order valence-corrected chi connectivity index (χ3v) is 2.26. The molecule has 0 radical (unpaired) electrons. The summed E-state index contributed by atoms with van der Waals surface area (Å²) < 4.78 is 0. The minimum Gasteiger partial charge on any atom is -0.343 e. The molecule has 0 aliphatic rings. The molecule has 0 bridgehead atoms. The molecule has 0 nitrogen and oxygen atoms in total. The maximum absolute atomic E-state index is 3.80. The van der Waals surface area contributed by atoms with Gasteiger partial charge in [-0.3, -0.25) is 0 Å². The Morgan fingerprint density at radius 3 is 2.07 bits per heavy atom. The third-order valence-electron chi connectivity index (χ3n) is 2.26. The van der Waals surface area contributed by atoms with Crippen LogP contribution in [0.2, 0.25) is 0 Å². The minimum absolute atomic E-state index is 0. The molecule has 0 aromatic heterocycles. The van der Waals surface area contributed by atoms with E-state index in [0.717, 1.165) is 12.8 Å². The zero-order chi connectivity index (χ0) is 9.78. The molecular weight excluding hydrogens is 163 g/mol. The van der Waals surface area contributed by atoms with Gasteiger partial charge in [-0.1, -0.05) is 57.6 Å². The Morgan fingerprint density at radius 2 is 1.43 bits per heavy atom. The predicted molar refractivity (Wildman–Crippen MR) is 61.7 cm³/mol. The van der Waals surface area contributed by atoms with Gasteiger partial charge in [-0.25, -0.2) is 0 Å². The second-order valence-electron chi connectivity index (χ2n) is 3.67. The van der Waals surface area contributed by atoms with Crippen LogP contribution in [0.25, 0.3) is 0 Å². The summed E-state index contributed by atoms with van der Waals surface area (Å²) in [5, 5.41) is 0. The van der Waals surface area contributed by atoms with E-state index in [2.05, 4.69) is 26.0 Å². The quantitative estimate of drug-likeness (QED) is 0.224. The normalized spacial score (nSPS) is 10.4. The van der Waals surface area contributed by atoms with Crippen molar-refractivity contribution in [2.75, 3.05) is 0 Å². The molecule has 0 aliphatic carbocycles.